The molecular weight excluding hydrogens is 234 g/mol. The number of rotatable bonds is 4. The molecule has 0 spiro atoms. The molecule has 0 amide bonds. The van der Waals surface area contributed by atoms with Crippen LogP contribution < -0.4 is 0 Å². The molecule has 1 heterocycles. The third-order valence-corrected chi connectivity index (χ3v) is 2.55. The van der Waals surface area contributed by atoms with E-state index in [1.54, 1.807) is 37.3 Å². The molecule has 2 aromatic rings. The molecular formula is C13H11NO4. The second kappa shape index (κ2) is 4.83. The highest BCUT2D eigenvalue weighted by Crippen LogP contribution is 2.20. The summed E-state index contributed by atoms with van der Waals surface area (Å²) in [5.74, 6) is 0.601. The number of carbonyl (C=O) groups excluding carboxylic acids is 1. The fraction of sp³-hybridized carbons (Fsp3) is 0.154. The first-order valence-electron chi connectivity index (χ1n) is 5.40. The molecule has 5 nitrogen and oxygen atoms in total. The first-order valence-corrected chi connectivity index (χ1v) is 5.40. The van der Waals surface area contributed by atoms with E-state index in [1.807, 2.05) is 0 Å². The Bertz CT molecular complexity index is 601. The molecule has 0 aliphatic carbocycles. The van der Waals surface area contributed by atoms with Crippen molar-refractivity contribution in [2.24, 2.45) is 0 Å². The molecule has 0 bridgehead atoms. The number of hydrogen-bond donors (Lipinski definition) is 0. The lowest BCUT2D eigenvalue weighted by atomic mass is 10.1. The van der Waals surface area contributed by atoms with Crippen LogP contribution in [0.2, 0.25) is 0 Å². The summed E-state index contributed by atoms with van der Waals surface area (Å²) < 4.78 is 5.20. The van der Waals surface area contributed by atoms with E-state index in [0.717, 1.165) is 0 Å². The Morgan fingerprint density at radius 1 is 1.28 bits per heavy atom. The molecule has 0 fully saturated rings. The number of hydrogen-bond acceptors (Lipinski definition) is 4. The van der Waals surface area contributed by atoms with Gasteiger partial charge in [0, 0.05) is 18.1 Å². The summed E-state index contributed by atoms with van der Waals surface area (Å²) >= 11 is 0. The number of benzene rings is 1. The number of aryl methyl sites for hydroxylation is 1. The minimum Gasteiger partial charge on any atom is -0.458 e. The van der Waals surface area contributed by atoms with Gasteiger partial charge < -0.3 is 4.42 Å². The van der Waals surface area contributed by atoms with E-state index < -0.39 is 4.92 Å². The molecule has 0 aliphatic rings. The SMILES string of the molecule is Cc1ccc(C(=O)Cc2ccccc2[N+](=O)[O-])o1. The first-order chi connectivity index (χ1) is 8.58. The van der Waals surface area contributed by atoms with Crippen LogP contribution in [0.1, 0.15) is 21.9 Å². The maximum atomic E-state index is 11.9. The van der Waals surface area contributed by atoms with Gasteiger partial charge in [-0.25, -0.2) is 0 Å². The van der Waals surface area contributed by atoms with Crippen molar-refractivity contribution in [2.45, 2.75) is 13.3 Å². The van der Waals surface area contributed by atoms with E-state index >= 15 is 0 Å². The normalized spacial score (nSPS) is 10.3. The largest absolute Gasteiger partial charge is 0.458 e. The summed E-state index contributed by atoms with van der Waals surface area (Å²) in [5, 5.41) is 10.8. The van der Waals surface area contributed by atoms with Gasteiger partial charge in [0.25, 0.3) is 5.69 Å². The van der Waals surface area contributed by atoms with Gasteiger partial charge in [-0.3, -0.25) is 14.9 Å². The molecule has 1 aromatic carbocycles. The predicted octanol–water partition coefficient (Wildman–Crippen LogP) is 2.92. The highest BCUT2D eigenvalue weighted by atomic mass is 16.6. The first kappa shape index (κ1) is 12.0. The van der Waals surface area contributed by atoms with Gasteiger partial charge in [0.15, 0.2) is 5.76 Å². The Labute approximate surface area is 103 Å². The van der Waals surface area contributed by atoms with Crippen LogP contribution in [0.5, 0.6) is 0 Å². The highest BCUT2D eigenvalue weighted by Gasteiger charge is 2.18. The van der Waals surface area contributed by atoms with E-state index in [-0.39, 0.29) is 23.7 Å². The zero-order chi connectivity index (χ0) is 13.1. The summed E-state index contributed by atoms with van der Waals surface area (Å²) in [6.45, 7) is 1.74. The summed E-state index contributed by atoms with van der Waals surface area (Å²) in [6.07, 6.45) is -0.0376. The highest BCUT2D eigenvalue weighted by molar-refractivity contribution is 5.95. The van der Waals surface area contributed by atoms with Crippen LogP contribution in [0.15, 0.2) is 40.8 Å². The molecule has 1 aromatic heterocycles. The van der Waals surface area contributed by atoms with Gasteiger partial charge in [0.2, 0.25) is 5.78 Å². The van der Waals surface area contributed by atoms with Crippen molar-refractivity contribution in [1.82, 2.24) is 0 Å². The maximum absolute atomic E-state index is 11.9. The average Bonchev–Trinajstić information content (AvgIpc) is 2.76. The number of nitro benzene ring substituents is 1. The van der Waals surface area contributed by atoms with Crippen molar-refractivity contribution < 1.29 is 14.1 Å². The Kier molecular flexibility index (Phi) is 3.23. The molecule has 0 saturated carbocycles. The van der Waals surface area contributed by atoms with Gasteiger partial charge in [-0.15, -0.1) is 0 Å². The van der Waals surface area contributed by atoms with E-state index in [2.05, 4.69) is 0 Å². The smallest absolute Gasteiger partial charge is 0.273 e. The van der Waals surface area contributed by atoms with Crippen molar-refractivity contribution in [2.75, 3.05) is 0 Å². The Morgan fingerprint density at radius 3 is 2.61 bits per heavy atom. The van der Waals surface area contributed by atoms with Crippen LogP contribution in [0, 0.1) is 17.0 Å². The van der Waals surface area contributed by atoms with E-state index in [4.69, 9.17) is 4.42 Å². The van der Waals surface area contributed by atoms with Crippen LogP contribution in [0.3, 0.4) is 0 Å². The number of furan rings is 1. The van der Waals surface area contributed by atoms with Crippen LogP contribution in [0.25, 0.3) is 0 Å². The fourth-order valence-corrected chi connectivity index (χ4v) is 1.68. The molecule has 0 N–H and O–H groups in total. The lowest BCUT2D eigenvalue weighted by Crippen LogP contribution is -2.04. The second-order valence-electron chi connectivity index (χ2n) is 3.90. The molecule has 0 saturated heterocycles. The zero-order valence-electron chi connectivity index (χ0n) is 9.75. The van der Waals surface area contributed by atoms with Crippen LogP contribution in [-0.2, 0) is 6.42 Å². The molecule has 92 valence electrons. The molecule has 18 heavy (non-hydrogen) atoms. The van der Waals surface area contributed by atoms with E-state index in [9.17, 15) is 14.9 Å². The van der Waals surface area contributed by atoms with Crippen molar-refractivity contribution in [1.29, 1.82) is 0 Å². The number of nitrogens with zero attached hydrogens (tertiary/aromatic N) is 1. The Hall–Kier alpha value is -2.43. The summed E-state index contributed by atoms with van der Waals surface area (Å²) in [6, 6.07) is 9.47. The monoisotopic (exact) mass is 245 g/mol. The Morgan fingerprint density at radius 2 is 2.00 bits per heavy atom. The molecule has 2 rings (SSSR count). The Balaban J connectivity index is 2.24. The molecule has 0 atom stereocenters. The molecule has 0 aliphatic heterocycles. The minimum atomic E-state index is -0.490. The van der Waals surface area contributed by atoms with Gasteiger partial charge in [0.1, 0.15) is 5.76 Å². The lowest BCUT2D eigenvalue weighted by Gasteiger charge is -2.00. The van der Waals surface area contributed by atoms with E-state index in [0.29, 0.717) is 11.3 Å². The number of Topliss-reactive ketones (excluding diaryl/α,β-unsaturated/α-hetero) is 1. The zero-order valence-corrected chi connectivity index (χ0v) is 9.75. The topological polar surface area (TPSA) is 73.3 Å². The van der Waals surface area contributed by atoms with Gasteiger partial charge in [-0.2, -0.15) is 0 Å². The summed E-state index contributed by atoms with van der Waals surface area (Å²) in [7, 11) is 0. The van der Waals surface area contributed by atoms with Crippen molar-refractivity contribution in [3.63, 3.8) is 0 Å². The van der Waals surface area contributed by atoms with Crippen LogP contribution >= 0.6 is 0 Å². The van der Waals surface area contributed by atoms with E-state index in [1.165, 1.54) is 6.07 Å². The third kappa shape index (κ3) is 2.45. The molecule has 0 radical (unpaired) electrons. The predicted molar refractivity (Wildman–Crippen MR) is 64.6 cm³/mol. The number of ketones is 1. The van der Waals surface area contributed by atoms with Crippen molar-refractivity contribution in [3.05, 3.63) is 63.6 Å². The fourth-order valence-electron chi connectivity index (χ4n) is 1.68. The van der Waals surface area contributed by atoms with Gasteiger partial charge in [0.05, 0.1) is 4.92 Å². The lowest BCUT2D eigenvalue weighted by molar-refractivity contribution is -0.385. The van der Waals surface area contributed by atoms with Crippen LogP contribution in [0.4, 0.5) is 5.69 Å². The quantitative estimate of drug-likeness (QED) is 0.471. The van der Waals surface area contributed by atoms with Gasteiger partial charge >= 0.3 is 0 Å². The second-order valence-corrected chi connectivity index (χ2v) is 3.90. The molecule has 5 heteroatoms. The number of nitro groups is 1. The van der Waals surface area contributed by atoms with Crippen molar-refractivity contribution >= 4 is 11.5 Å². The van der Waals surface area contributed by atoms with Crippen LogP contribution in [-0.4, -0.2) is 10.7 Å². The average molecular weight is 245 g/mol. The number of carbonyl (C=O) groups is 1. The minimum absolute atomic E-state index is 0.0376. The van der Waals surface area contributed by atoms with Gasteiger partial charge in [-0.1, -0.05) is 18.2 Å². The summed E-state index contributed by atoms with van der Waals surface area (Å²) in [5.41, 5.74) is 0.343. The molecule has 0 unspecified atom stereocenters. The van der Waals surface area contributed by atoms with Crippen molar-refractivity contribution in [3.8, 4) is 0 Å². The van der Waals surface area contributed by atoms with Gasteiger partial charge in [-0.05, 0) is 19.1 Å². The maximum Gasteiger partial charge on any atom is 0.273 e. The summed E-state index contributed by atoms with van der Waals surface area (Å²) in [4.78, 5) is 22.2. The third-order valence-electron chi connectivity index (χ3n) is 2.55. The standard InChI is InChI=1S/C13H11NO4/c1-9-6-7-13(18-9)12(15)8-10-4-2-3-5-11(10)14(16)17/h2-7H,8H2,1H3. The number of para-hydroxylation sites is 1.